The fourth-order valence-electron chi connectivity index (χ4n) is 3.66. The van der Waals surface area contributed by atoms with Crippen molar-refractivity contribution in [3.05, 3.63) is 24.3 Å². The van der Waals surface area contributed by atoms with Crippen molar-refractivity contribution in [3.63, 3.8) is 0 Å². The first-order chi connectivity index (χ1) is 13.7. The number of benzene rings is 1. The van der Waals surface area contributed by atoms with Gasteiger partial charge in [0.05, 0.1) is 18.2 Å². The Labute approximate surface area is 164 Å². The molecule has 2 aliphatic rings. The summed E-state index contributed by atoms with van der Waals surface area (Å²) in [4.78, 5) is 25.3. The molecule has 2 saturated heterocycles. The van der Waals surface area contributed by atoms with E-state index in [0.717, 1.165) is 42.7 Å². The first kappa shape index (κ1) is 18.7. The number of nitrogens with zero attached hydrogens (tertiary/aromatic N) is 4. The van der Waals surface area contributed by atoms with Gasteiger partial charge in [-0.15, -0.1) is 0 Å². The maximum Gasteiger partial charge on any atom is 0.409 e. The third kappa shape index (κ3) is 4.11. The van der Waals surface area contributed by atoms with Gasteiger partial charge < -0.3 is 24.6 Å². The van der Waals surface area contributed by atoms with Gasteiger partial charge in [0, 0.05) is 44.7 Å². The van der Waals surface area contributed by atoms with Crippen molar-refractivity contribution < 1.29 is 14.3 Å². The van der Waals surface area contributed by atoms with Crippen molar-refractivity contribution in [3.8, 4) is 0 Å². The van der Waals surface area contributed by atoms with Crippen LogP contribution in [0.2, 0.25) is 0 Å². The minimum absolute atomic E-state index is 0.241. The normalized spacial score (nSPS) is 19.8. The molecule has 1 unspecified atom stereocenters. The zero-order chi connectivity index (χ0) is 19.3. The van der Waals surface area contributed by atoms with Gasteiger partial charge in [0.15, 0.2) is 0 Å². The van der Waals surface area contributed by atoms with Crippen LogP contribution in [0.15, 0.2) is 24.3 Å². The molecular weight excluding hydrogens is 358 g/mol. The Kier molecular flexibility index (Phi) is 5.76. The Morgan fingerprint density at radius 3 is 2.82 bits per heavy atom. The molecule has 150 valence electrons. The van der Waals surface area contributed by atoms with Gasteiger partial charge in [0.2, 0.25) is 5.95 Å². The molecule has 0 spiro atoms. The summed E-state index contributed by atoms with van der Waals surface area (Å²) in [6.45, 7) is 6.38. The van der Waals surface area contributed by atoms with E-state index in [1.54, 1.807) is 4.90 Å². The van der Waals surface area contributed by atoms with Gasteiger partial charge in [-0.25, -0.2) is 9.78 Å². The number of amides is 1. The van der Waals surface area contributed by atoms with E-state index in [-0.39, 0.29) is 12.2 Å². The SMILES string of the molecule is CCOC(=O)N1CCN(c2nc(NCC3CCCO3)c3ccccc3n2)CC1. The van der Waals surface area contributed by atoms with Crippen LogP contribution in [0, 0.1) is 0 Å². The van der Waals surface area contributed by atoms with E-state index >= 15 is 0 Å². The number of para-hydroxylation sites is 1. The Morgan fingerprint density at radius 2 is 2.07 bits per heavy atom. The van der Waals surface area contributed by atoms with E-state index in [1.165, 1.54) is 0 Å². The van der Waals surface area contributed by atoms with Crippen molar-refractivity contribution >= 4 is 28.8 Å². The summed E-state index contributed by atoms with van der Waals surface area (Å²) >= 11 is 0. The summed E-state index contributed by atoms with van der Waals surface area (Å²) in [5, 5.41) is 4.47. The van der Waals surface area contributed by atoms with E-state index in [1.807, 2.05) is 31.2 Å². The first-order valence-corrected chi connectivity index (χ1v) is 10.0. The van der Waals surface area contributed by atoms with E-state index in [4.69, 9.17) is 19.4 Å². The number of hydrogen-bond donors (Lipinski definition) is 1. The summed E-state index contributed by atoms with van der Waals surface area (Å²) in [5.74, 6) is 1.53. The molecular formula is C20H27N5O3. The molecule has 2 aliphatic heterocycles. The van der Waals surface area contributed by atoms with E-state index in [0.29, 0.717) is 38.7 Å². The van der Waals surface area contributed by atoms with Gasteiger partial charge in [-0.2, -0.15) is 4.98 Å². The molecule has 28 heavy (non-hydrogen) atoms. The number of carbonyl (C=O) groups is 1. The Balaban J connectivity index is 1.50. The maximum absolute atomic E-state index is 11.9. The average molecular weight is 385 g/mol. The van der Waals surface area contributed by atoms with Crippen LogP contribution in [0.25, 0.3) is 10.9 Å². The average Bonchev–Trinajstić information content (AvgIpc) is 3.26. The number of nitrogens with one attached hydrogen (secondary N) is 1. The lowest BCUT2D eigenvalue weighted by molar-refractivity contribution is 0.105. The zero-order valence-corrected chi connectivity index (χ0v) is 16.3. The van der Waals surface area contributed by atoms with Crippen molar-refractivity contribution in [1.82, 2.24) is 14.9 Å². The lowest BCUT2D eigenvalue weighted by Gasteiger charge is -2.34. The number of hydrogen-bond acceptors (Lipinski definition) is 7. The van der Waals surface area contributed by atoms with Crippen LogP contribution in [-0.4, -0.2) is 73.0 Å². The van der Waals surface area contributed by atoms with Crippen molar-refractivity contribution in [2.45, 2.75) is 25.9 Å². The number of carbonyl (C=O) groups excluding carboxylic acids is 1. The van der Waals surface area contributed by atoms with E-state index < -0.39 is 0 Å². The Morgan fingerprint density at radius 1 is 1.25 bits per heavy atom. The molecule has 2 aromatic rings. The number of anilines is 2. The van der Waals surface area contributed by atoms with Gasteiger partial charge in [-0.3, -0.25) is 0 Å². The predicted octanol–water partition coefficient (Wildman–Crippen LogP) is 2.50. The standard InChI is InChI=1S/C20H27N5O3/c1-2-27-20(26)25-11-9-24(10-12-25)19-22-17-8-4-3-7-16(17)18(23-19)21-14-15-6-5-13-28-15/h3-4,7-8,15H,2,5-6,9-14H2,1H3,(H,21,22,23). The molecule has 3 heterocycles. The van der Waals surface area contributed by atoms with Crippen molar-refractivity contribution in [1.29, 1.82) is 0 Å². The predicted molar refractivity (Wildman–Crippen MR) is 108 cm³/mol. The second-order valence-corrected chi connectivity index (χ2v) is 7.08. The van der Waals surface area contributed by atoms with Crippen LogP contribution in [0.1, 0.15) is 19.8 Å². The number of rotatable bonds is 5. The molecule has 0 saturated carbocycles. The third-order valence-electron chi connectivity index (χ3n) is 5.20. The van der Waals surface area contributed by atoms with Crippen LogP contribution in [-0.2, 0) is 9.47 Å². The molecule has 1 aromatic carbocycles. The van der Waals surface area contributed by atoms with Gasteiger partial charge in [0.25, 0.3) is 0 Å². The van der Waals surface area contributed by atoms with Crippen LogP contribution in [0.3, 0.4) is 0 Å². The van der Waals surface area contributed by atoms with Crippen LogP contribution >= 0.6 is 0 Å². The minimum Gasteiger partial charge on any atom is -0.450 e. The molecule has 0 radical (unpaired) electrons. The first-order valence-electron chi connectivity index (χ1n) is 10.0. The number of aromatic nitrogens is 2. The number of fused-ring (bicyclic) bond motifs is 1. The molecule has 8 heteroatoms. The molecule has 0 aliphatic carbocycles. The fraction of sp³-hybridized carbons (Fsp3) is 0.550. The van der Waals surface area contributed by atoms with Gasteiger partial charge in [0.1, 0.15) is 5.82 Å². The molecule has 1 amide bonds. The Hall–Kier alpha value is -2.61. The smallest absolute Gasteiger partial charge is 0.409 e. The van der Waals surface area contributed by atoms with Gasteiger partial charge in [-0.05, 0) is 31.9 Å². The van der Waals surface area contributed by atoms with Gasteiger partial charge in [-0.1, -0.05) is 12.1 Å². The quantitative estimate of drug-likeness (QED) is 0.847. The van der Waals surface area contributed by atoms with E-state index in [9.17, 15) is 4.79 Å². The maximum atomic E-state index is 11.9. The van der Waals surface area contributed by atoms with Crippen LogP contribution in [0.5, 0.6) is 0 Å². The fourth-order valence-corrected chi connectivity index (χ4v) is 3.66. The van der Waals surface area contributed by atoms with Crippen LogP contribution < -0.4 is 10.2 Å². The second-order valence-electron chi connectivity index (χ2n) is 7.08. The summed E-state index contributed by atoms with van der Waals surface area (Å²) < 4.78 is 10.8. The van der Waals surface area contributed by atoms with E-state index in [2.05, 4.69) is 10.2 Å². The molecule has 2 fully saturated rings. The molecule has 0 bridgehead atoms. The molecule has 4 rings (SSSR count). The molecule has 8 nitrogen and oxygen atoms in total. The second kappa shape index (κ2) is 8.60. The molecule has 1 N–H and O–H groups in total. The molecule has 1 atom stereocenters. The number of piperazine rings is 1. The topological polar surface area (TPSA) is 79.8 Å². The zero-order valence-electron chi connectivity index (χ0n) is 16.3. The largest absolute Gasteiger partial charge is 0.450 e. The van der Waals surface area contributed by atoms with Crippen molar-refractivity contribution in [2.24, 2.45) is 0 Å². The highest BCUT2D eigenvalue weighted by molar-refractivity contribution is 5.90. The lowest BCUT2D eigenvalue weighted by Crippen LogP contribution is -2.49. The highest BCUT2D eigenvalue weighted by atomic mass is 16.6. The summed E-state index contributed by atoms with van der Waals surface area (Å²) in [6, 6.07) is 8.03. The minimum atomic E-state index is -0.250. The Bertz CT molecular complexity index is 817. The van der Waals surface area contributed by atoms with Crippen LogP contribution in [0.4, 0.5) is 16.6 Å². The summed E-state index contributed by atoms with van der Waals surface area (Å²) in [5.41, 5.74) is 0.912. The lowest BCUT2D eigenvalue weighted by atomic mass is 10.2. The summed E-state index contributed by atoms with van der Waals surface area (Å²) in [7, 11) is 0. The summed E-state index contributed by atoms with van der Waals surface area (Å²) in [6.07, 6.45) is 2.19. The van der Waals surface area contributed by atoms with Crippen molar-refractivity contribution in [2.75, 3.05) is 56.2 Å². The third-order valence-corrected chi connectivity index (χ3v) is 5.20. The molecule has 1 aromatic heterocycles. The van der Waals surface area contributed by atoms with Gasteiger partial charge >= 0.3 is 6.09 Å². The highest BCUT2D eigenvalue weighted by Gasteiger charge is 2.24. The number of ether oxygens (including phenoxy) is 2. The monoisotopic (exact) mass is 385 g/mol. The highest BCUT2D eigenvalue weighted by Crippen LogP contribution is 2.25.